The second kappa shape index (κ2) is 5.22. The van der Waals surface area contributed by atoms with E-state index in [9.17, 15) is 13.9 Å². The minimum absolute atomic E-state index is 0.152. The number of aromatic nitrogens is 1. The maximum Gasteiger partial charge on any atom is 0.152 e. The fourth-order valence-corrected chi connectivity index (χ4v) is 3.22. The number of likely N-dealkylation sites (N-methyl/N-ethyl adjacent to an activating group) is 1. The lowest BCUT2D eigenvalue weighted by molar-refractivity contribution is 0.0560. The van der Waals surface area contributed by atoms with Crippen LogP contribution in [0, 0.1) is 11.6 Å². The van der Waals surface area contributed by atoms with Crippen molar-refractivity contribution in [1.82, 2.24) is 4.98 Å². The van der Waals surface area contributed by atoms with Gasteiger partial charge in [-0.15, -0.1) is 0 Å². The molecule has 0 saturated heterocycles. The van der Waals surface area contributed by atoms with E-state index in [-0.39, 0.29) is 5.52 Å². The number of fused-ring (bicyclic) bond motifs is 1. The highest BCUT2D eigenvalue weighted by molar-refractivity contribution is 5.91. The molecule has 0 radical (unpaired) electrons. The van der Waals surface area contributed by atoms with Crippen LogP contribution in [0.3, 0.4) is 0 Å². The zero-order chi connectivity index (χ0) is 15.0. The van der Waals surface area contributed by atoms with Gasteiger partial charge in [0.1, 0.15) is 11.3 Å². The van der Waals surface area contributed by atoms with E-state index in [0.717, 1.165) is 31.7 Å². The predicted octanol–water partition coefficient (Wildman–Crippen LogP) is 3.25. The average Bonchev–Trinajstić information content (AvgIpc) is 2.84. The summed E-state index contributed by atoms with van der Waals surface area (Å²) in [4.78, 5) is 5.84. The van der Waals surface area contributed by atoms with Crippen molar-refractivity contribution in [2.75, 3.05) is 18.5 Å². The zero-order valence-corrected chi connectivity index (χ0v) is 11.9. The second-order valence-corrected chi connectivity index (χ2v) is 5.90. The van der Waals surface area contributed by atoms with Crippen LogP contribution >= 0.6 is 0 Å². The maximum absolute atomic E-state index is 13.8. The summed E-state index contributed by atoms with van der Waals surface area (Å²) in [6, 6.07) is 3.85. The molecule has 2 aromatic rings. The lowest BCUT2D eigenvalue weighted by atomic mass is 10.0. The molecule has 3 rings (SSSR count). The summed E-state index contributed by atoms with van der Waals surface area (Å²) in [5.74, 6) is -1.29. The number of hydrogen-bond acceptors (Lipinski definition) is 3. The van der Waals surface area contributed by atoms with Crippen molar-refractivity contribution in [3.63, 3.8) is 0 Å². The third kappa shape index (κ3) is 2.70. The first-order valence-electron chi connectivity index (χ1n) is 7.16. The van der Waals surface area contributed by atoms with Crippen LogP contribution < -0.4 is 4.90 Å². The molecule has 1 aromatic carbocycles. The third-order valence-corrected chi connectivity index (χ3v) is 4.22. The topological polar surface area (TPSA) is 36.4 Å². The van der Waals surface area contributed by atoms with Gasteiger partial charge < -0.3 is 10.0 Å². The molecule has 0 unspecified atom stereocenters. The Kier molecular flexibility index (Phi) is 3.53. The van der Waals surface area contributed by atoms with Crippen molar-refractivity contribution in [3.8, 4) is 0 Å². The quantitative estimate of drug-likeness (QED) is 0.943. The van der Waals surface area contributed by atoms with Gasteiger partial charge in [0.25, 0.3) is 0 Å². The zero-order valence-electron chi connectivity index (χ0n) is 11.9. The van der Waals surface area contributed by atoms with Gasteiger partial charge in [0.05, 0.1) is 5.60 Å². The van der Waals surface area contributed by atoms with Crippen LogP contribution in [0.5, 0.6) is 0 Å². The summed E-state index contributed by atoms with van der Waals surface area (Å²) in [5.41, 5.74) is 0.119. The Morgan fingerprint density at radius 3 is 2.71 bits per heavy atom. The van der Waals surface area contributed by atoms with Gasteiger partial charge in [-0.3, -0.25) is 4.98 Å². The molecular formula is C16H18F2N2O. The van der Waals surface area contributed by atoms with Gasteiger partial charge in [-0.2, -0.15) is 0 Å². The Morgan fingerprint density at radius 1 is 1.29 bits per heavy atom. The van der Waals surface area contributed by atoms with Crippen molar-refractivity contribution < 1.29 is 13.9 Å². The number of halogens is 2. The van der Waals surface area contributed by atoms with Crippen LogP contribution in [0.1, 0.15) is 25.7 Å². The molecule has 1 aromatic heterocycles. The summed E-state index contributed by atoms with van der Waals surface area (Å²) in [6.45, 7) is 0.449. The number of pyridine rings is 1. The van der Waals surface area contributed by atoms with Gasteiger partial charge in [-0.25, -0.2) is 8.78 Å². The van der Waals surface area contributed by atoms with Gasteiger partial charge in [0.2, 0.25) is 0 Å². The minimum atomic E-state index is -0.712. The molecule has 1 N–H and O–H groups in total. The standard InChI is InChI=1S/C16H18F2N2O/c1-20(10-16(21)5-2-3-6-16)14-4-7-19-15-12(14)8-11(17)9-13(15)18/h4,7-9,21H,2-3,5-6,10H2,1H3. The Hall–Kier alpha value is -1.75. The summed E-state index contributed by atoms with van der Waals surface area (Å²) in [6.07, 6.45) is 5.08. The average molecular weight is 292 g/mol. The van der Waals surface area contributed by atoms with Crippen LogP contribution in [-0.4, -0.2) is 29.3 Å². The molecule has 21 heavy (non-hydrogen) atoms. The summed E-state index contributed by atoms with van der Waals surface area (Å²) in [5, 5.41) is 10.9. The van der Waals surface area contributed by atoms with Gasteiger partial charge in [-0.05, 0) is 25.0 Å². The molecule has 1 aliphatic rings. The third-order valence-electron chi connectivity index (χ3n) is 4.22. The fourth-order valence-electron chi connectivity index (χ4n) is 3.22. The number of anilines is 1. The van der Waals surface area contributed by atoms with E-state index in [4.69, 9.17) is 0 Å². The van der Waals surface area contributed by atoms with Crippen molar-refractivity contribution in [2.24, 2.45) is 0 Å². The number of benzene rings is 1. The number of aliphatic hydroxyl groups is 1. The van der Waals surface area contributed by atoms with Crippen LogP contribution in [0.25, 0.3) is 10.9 Å². The van der Waals surface area contributed by atoms with Crippen molar-refractivity contribution >= 4 is 16.6 Å². The van der Waals surface area contributed by atoms with Crippen molar-refractivity contribution in [3.05, 3.63) is 36.0 Å². The molecular weight excluding hydrogens is 274 g/mol. The predicted molar refractivity (Wildman–Crippen MR) is 78.3 cm³/mol. The fraction of sp³-hybridized carbons (Fsp3) is 0.438. The first kappa shape index (κ1) is 14.2. The lowest BCUT2D eigenvalue weighted by Gasteiger charge is -2.30. The van der Waals surface area contributed by atoms with E-state index >= 15 is 0 Å². The van der Waals surface area contributed by atoms with Crippen molar-refractivity contribution in [1.29, 1.82) is 0 Å². The SMILES string of the molecule is CN(CC1(O)CCCC1)c1ccnc2c(F)cc(F)cc12. The van der Waals surface area contributed by atoms with E-state index in [1.54, 1.807) is 6.07 Å². The monoisotopic (exact) mass is 292 g/mol. The Balaban J connectivity index is 1.99. The summed E-state index contributed by atoms with van der Waals surface area (Å²) < 4.78 is 27.3. The molecule has 1 aliphatic carbocycles. The van der Waals surface area contributed by atoms with E-state index in [2.05, 4.69) is 4.98 Å². The Bertz CT molecular complexity index is 669. The summed E-state index contributed by atoms with van der Waals surface area (Å²) >= 11 is 0. The Labute approximate surface area is 122 Å². The Morgan fingerprint density at radius 2 is 2.00 bits per heavy atom. The highest BCUT2D eigenvalue weighted by Gasteiger charge is 2.32. The lowest BCUT2D eigenvalue weighted by Crippen LogP contribution is -2.39. The highest BCUT2D eigenvalue weighted by Crippen LogP contribution is 2.33. The van der Waals surface area contributed by atoms with Crippen LogP contribution in [-0.2, 0) is 0 Å². The van der Waals surface area contributed by atoms with E-state index in [1.807, 2.05) is 11.9 Å². The minimum Gasteiger partial charge on any atom is -0.388 e. The van der Waals surface area contributed by atoms with Gasteiger partial charge in [-0.1, -0.05) is 12.8 Å². The molecule has 5 heteroatoms. The number of rotatable bonds is 3. The molecule has 0 bridgehead atoms. The van der Waals surface area contributed by atoms with E-state index < -0.39 is 17.2 Å². The van der Waals surface area contributed by atoms with E-state index in [0.29, 0.717) is 17.6 Å². The second-order valence-electron chi connectivity index (χ2n) is 5.90. The molecule has 1 saturated carbocycles. The molecule has 1 fully saturated rings. The van der Waals surface area contributed by atoms with Crippen molar-refractivity contribution in [2.45, 2.75) is 31.3 Å². The number of hydrogen-bond donors (Lipinski definition) is 1. The van der Waals surface area contributed by atoms with E-state index in [1.165, 1.54) is 12.3 Å². The first-order chi connectivity index (χ1) is 9.98. The molecule has 0 spiro atoms. The molecule has 0 amide bonds. The first-order valence-corrected chi connectivity index (χ1v) is 7.16. The molecule has 0 atom stereocenters. The molecule has 1 heterocycles. The molecule has 3 nitrogen and oxygen atoms in total. The smallest absolute Gasteiger partial charge is 0.152 e. The van der Waals surface area contributed by atoms with Gasteiger partial charge >= 0.3 is 0 Å². The van der Waals surface area contributed by atoms with Crippen LogP contribution in [0.15, 0.2) is 24.4 Å². The van der Waals surface area contributed by atoms with Crippen LogP contribution in [0.4, 0.5) is 14.5 Å². The van der Waals surface area contributed by atoms with Crippen LogP contribution in [0.2, 0.25) is 0 Å². The van der Waals surface area contributed by atoms with Gasteiger partial charge in [0, 0.05) is 36.9 Å². The molecule has 112 valence electrons. The highest BCUT2D eigenvalue weighted by atomic mass is 19.1. The normalized spacial score (nSPS) is 17.3. The molecule has 0 aliphatic heterocycles. The largest absolute Gasteiger partial charge is 0.388 e. The maximum atomic E-state index is 13.8. The van der Waals surface area contributed by atoms with Gasteiger partial charge in [0.15, 0.2) is 5.82 Å². The summed E-state index contributed by atoms with van der Waals surface area (Å²) in [7, 11) is 1.83. The number of nitrogens with zero attached hydrogens (tertiary/aromatic N) is 2.